The van der Waals surface area contributed by atoms with Crippen LogP contribution in [-0.2, 0) is 4.74 Å². The second-order valence-corrected chi connectivity index (χ2v) is 4.66. The Kier molecular flexibility index (Phi) is 6.33. The quantitative estimate of drug-likeness (QED) is 0.563. The van der Waals surface area contributed by atoms with Crippen molar-refractivity contribution in [2.45, 2.75) is 19.9 Å². The first-order valence-corrected chi connectivity index (χ1v) is 6.51. The fraction of sp³-hybridized carbons (Fsp3) is 0.500. The SMILES string of the molecule is CCOCCN(C)C(C)C(=O)c1cccc(Cl)c1. The van der Waals surface area contributed by atoms with Gasteiger partial charge in [0.25, 0.3) is 0 Å². The molecule has 0 fully saturated rings. The summed E-state index contributed by atoms with van der Waals surface area (Å²) >= 11 is 5.89. The molecule has 0 aliphatic heterocycles. The van der Waals surface area contributed by atoms with Crippen LogP contribution in [-0.4, -0.2) is 43.5 Å². The van der Waals surface area contributed by atoms with Gasteiger partial charge in [-0.15, -0.1) is 0 Å². The van der Waals surface area contributed by atoms with Crippen molar-refractivity contribution in [3.05, 3.63) is 34.9 Å². The van der Waals surface area contributed by atoms with Gasteiger partial charge < -0.3 is 4.74 Å². The molecule has 0 N–H and O–H groups in total. The summed E-state index contributed by atoms with van der Waals surface area (Å²) in [6.45, 7) is 5.93. The van der Waals surface area contributed by atoms with E-state index in [1.165, 1.54) is 0 Å². The second-order valence-electron chi connectivity index (χ2n) is 4.23. The molecular formula is C14H20ClNO2. The second kappa shape index (κ2) is 7.52. The summed E-state index contributed by atoms with van der Waals surface area (Å²) in [7, 11) is 1.92. The lowest BCUT2D eigenvalue weighted by atomic mass is 10.0. The molecule has 1 rings (SSSR count). The van der Waals surface area contributed by atoms with Crippen LogP contribution in [0.1, 0.15) is 24.2 Å². The average Bonchev–Trinajstić information content (AvgIpc) is 2.37. The Morgan fingerprint density at radius 2 is 2.22 bits per heavy atom. The highest BCUT2D eigenvalue weighted by atomic mass is 35.5. The molecule has 4 heteroatoms. The maximum atomic E-state index is 12.2. The number of ether oxygens (including phenoxy) is 1. The van der Waals surface area contributed by atoms with Gasteiger partial charge in [-0.05, 0) is 33.0 Å². The van der Waals surface area contributed by atoms with Gasteiger partial charge in [0, 0.05) is 23.7 Å². The highest BCUT2D eigenvalue weighted by Gasteiger charge is 2.19. The molecule has 1 aromatic carbocycles. The Hall–Kier alpha value is -0.900. The molecule has 1 unspecified atom stereocenters. The number of Topliss-reactive ketones (excluding diaryl/α,β-unsaturated/α-hetero) is 1. The first-order valence-electron chi connectivity index (χ1n) is 6.14. The van der Waals surface area contributed by atoms with Crippen LogP contribution in [0, 0.1) is 0 Å². The topological polar surface area (TPSA) is 29.5 Å². The van der Waals surface area contributed by atoms with Crippen LogP contribution in [0.3, 0.4) is 0 Å². The highest BCUT2D eigenvalue weighted by Crippen LogP contribution is 2.14. The maximum Gasteiger partial charge on any atom is 0.179 e. The van der Waals surface area contributed by atoms with Crippen molar-refractivity contribution in [3.63, 3.8) is 0 Å². The van der Waals surface area contributed by atoms with E-state index in [0.717, 1.165) is 6.54 Å². The Morgan fingerprint density at radius 3 is 2.83 bits per heavy atom. The smallest absolute Gasteiger partial charge is 0.179 e. The molecule has 0 spiro atoms. The number of hydrogen-bond acceptors (Lipinski definition) is 3. The Morgan fingerprint density at radius 1 is 1.50 bits per heavy atom. The predicted molar refractivity (Wildman–Crippen MR) is 74.4 cm³/mol. The van der Waals surface area contributed by atoms with Gasteiger partial charge in [-0.25, -0.2) is 0 Å². The van der Waals surface area contributed by atoms with Crippen molar-refractivity contribution in [3.8, 4) is 0 Å². The monoisotopic (exact) mass is 269 g/mol. The first kappa shape index (κ1) is 15.2. The van der Waals surface area contributed by atoms with Crippen LogP contribution >= 0.6 is 11.6 Å². The standard InChI is InChI=1S/C14H20ClNO2/c1-4-18-9-8-16(3)11(2)14(17)12-6-5-7-13(15)10-12/h5-7,10-11H,4,8-9H2,1-3H3. The third-order valence-corrected chi connectivity index (χ3v) is 3.18. The molecule has 18 heavy (non-hydrogen) atoms. The highest BCUT2D eigenvalue weighted by molar-refractivity contribution is 6.31. The van der Waals surface area contributed by atoms with E-state index < -0.39 is 0 Å². The van der Waals surface area contributed by atoms with E-state index in [1.54, 1.807) is 24.3 Å². The van der Waals surface area contributed by atoms with E-state index in [2.05, 4.69) is 0 Å². The van der Waals surface area contributed by atoms with E-state index in [0.29, 0.717) is 23.8 Å². The number of hydrogen-bond donors (Lipinski definition) is 0. The Bertz CT molecular complexity index is 395. The van der Waals surface area contributed by atoms with Gasteiger partial charge in [-0.3, -0.25) is 9.69 Å². The summed E-state index contributed by atoms with van der Waals surface area (Å²) < 4.78 is 5.28. The lowest BCUT2D eigenvalue weighted by Gasteiger charge is -2.23. The zero-order chi connectivity index (χ0) is 13.5. The molecule has 3 nitrogen and oxygen atoms in total. The molecule has 0 aromatic heterocycles. The van der Waals surface area contributed by atoms with Crippen molar-refractivity contribution >= 4 is 17.4 Å². The van der Waals surface area contributed by atoms with Gasteiger partial charge in [0.1, 0.15) is 0 Å². The number of likely N-dealkylation sites (N-methyl/N-ethyl adjacent to an activating group) is 1. The van der Waals surface area contributed by atoms with Crippen molar-refractivity contribution in [1.29, 1.82) is 0 Å². The minimum atomic E-state index is -0.177. The fourth-order valence-electron chi connectivity index (χ4n) is 1.63. The van der Waals surface area contributed by atoms with Crippen LogP contribution in [0.5, 0.6) is 0 Å². The summed E-state index contributed by atoms with van der Waals surface area (Å²) in [5.74, 6) is 0.0801. The van der Waals surface area contributed by atoms with Gasteiger partial charge in [-0.2, -0.15) is 0 Å². The van der Waals surface area contributed by atoms with Crippen molar-refractivity contribution in [2.75, 3.05) is 26.8 Å². The molecule has 100 valence electrons. The molecule has 0 heterocycles. The van der Waals surface area contributed by atoms with Gasteiger partial charge in [0.05, 0.1) is 12.6 Å². The van der Waals surface area contributed by atoms with E-state index in [4.69, 9.17) is 16.3 Å². The Balaban J connectivity index is 2.60. The summed E-state index contributed by atoms with van der Waals surface area (Å²) in [6, 6.07) is 6.88. The number of nitrogens with zero attached hydrogens (tertiary/aromatic N) is 1. The normalized spacial score (nSPS) is 12.7. The summed E-state index contributed by atoms with van der Waals surface area (Å²) in [6.07, 6.45) is 0. The first-order chi connectivity index (χ1) is 8.56. The van der Waals surface area contributed by atoms with Crippen LogP contribution in [0.2, 0.25) is 5.02 Å². The van der Waals surface area contributed by atoms with Crippen LogP contribution in [0.4, 0.5) is 0 Å². The number of halogens is 1. The molecule has 0 saturated heterocycles. The van der Waals surface area contributed by atoms with Crippen LogP contribution in [0.15, 0.2) is 24.3 Å². The minimum absolute atomic E-state index is 0.0801. The predicted octanol–water partition coefficient (Wildman–Crippen LogP) is 2.88. The molecular weight excluding hydrogens is 250 g/mol. The molecule has 0 aliphatic rings. The van der Waals surface area contributed by atoms with Gasteiger partial charge in [0.2, 0.25) is 0 Å². The van der Waals surface area contributed by atoms with Gasteiger partial charge >= 0.3 is 0 Å². The molecule has 0 aliphatic carbocycles. The van der Waals surface area contributed by atoms with Crippen LogP contribution in [0.25, 0.3) is 0 Å². The average molecular weight is 270 g/mol. The molecule has 0 radical (unpaired) electrons. The molecule has 0 saturated carbocycles. The molecule has 1 atom stereocenters. The van der Waals surface area contributed by atoms with Crippen molar-refractivity contribution < 1.29 is 9.53 Å². The molecule has 1 aromatic rings. The lowest BCUT2D eigenvalue weighted by molar-refractivity contribution is 0.0789. The third kappa shape index (κ3) is 4.41. The molecule has 0 amide bonds. The molecule has 0 bridgehead atoms. The third-order valence-electron chi connectivity index (χ3n) is 2.94. The van der Waals surface area contributed by atoms with E-state index >= 15 is 0 Å². The largest absolute Gasteiger partial charge is 0.380 e. The number of benzene rings is 1. The summed E-state index contributed by atoms with van der Waals surface area (Å²) in [4.78, 5) is 14.2. The summed E-state index contributed by atoms with van der Waals surface area (Å²) in [5, 5.41) is 0.588. The fourth-order valence-corrected chi connectivity index (χ4v) is 1.82. The van der Waals surface area contributed by atoms with Crippen LogP contribution < -0.4 is 0 Å². The number of carbonyl (C=O) groups excluding carboxylic acids is 1. The number of carbonyl (C=O) groups is 1. The summed E-state index contributed by atoms with van der Waals surface area (Å²) in [5.41, 5.74) is 0.651. The Labute approximate surface area is 114 Å². The zero-order valence-electron chi connectivity index (χ0n) is 11.1. The minimum Gasteiger partial charge on any atom is -0.380 e. The van der Waals surface area contributed by atoms with Gasteiger partial charge in [-0.1, -0.05) is 23.7 Å². The maximum absolute atomic E-state index is 12.2. The zero-order valence-corrected chi connectivity index (χ0v) is 11.9. The van der Waals surface area contributed by atoms with Crippen molar-refractivity contribution in [2.24, 2.45) is 0 Å². The van der Waals surface area contributed by atoms with E-state index in [-0.39, 0.29) is 11.8 Å². The van der Waals surface area contributed by atoms with Crippen molar-refractivity contribution in [1.82, 2.24) is 4.90 Å². The lowest BCUT2D eigenvalue weighted by Crippen LogP contribution is -2.38. The van der Waals surface area contributed by atoms with E-state index in [9.17, 15) is 4.79 Å². The number of ketones is 1. The van der Waals surface area contributed by atoms with Gasteiger partial charge in [0.15, 0.2) is 5.78 Å². The number of rotatable bonds is 7. The van der Waals surface area contributed by atoms with E-state index in [1.807, 2.05) is 25.8 Å².